The van der Waals surface area contributed by atoms with Crippen LogP contribution in [-0.4, -0.2) is 52.5 Å². The van der Waals surface area contributed by atoms with E-state index in [0.29, 0.717) is 17.4 Å². The van der Waals surface area contributed by atoms with Crippen LogP contribution in [0.2, 0.25) is 0 Å². The van der Waals surface area contributed by atoms with Crippen molar-refractivity contribution >= 4 is 32.9 Å². The molecule has 6 nitrogen and oxygen atoms in total. The molecule has 0 N–H and O–H groups in total. The van der Waals surface area contributed by atoms with Gasteiger partial charge in [-0.05, 0) is 51.7 Å². The molecule has 1 aromatic carbocycles. The fraction of sp³-hybridized carbons (Fsp3) is 0.318. The minimum absolute atomic E-state index is 0.0595. The number of anilines is 1. The normalized spacial score (nSPS) is 17.1. The summed E-state index contributed by atoms with van der Waals surface area (Å²) in [6.45, 7) is 3.99. The van der Waals surface area contributed by atoms with Gasteiger partial charge in [-0.15, -0.1) is 11.3 Å². The van der Waals surface area contributed by atoms with Gasteiger partial charge in [-0.25, -0.2) is 9.97 Å². The van der Waals surface area contributed by atoms with Crippen molar-refractivity contribution in [3.05, 3.63) is 58.0 Å². The minimum atomic E-state index is -0.0595. The molecule has 0 aliphatic carbocycles. The lowest BCUT2D eigenvalue weighted by Crippen LogP contribution is -2.31. The average Bonchev–Trinajstić information content (AvgIpc) is 3.33. The van der Waals surface area contributed by atoms with Crippen LogP contribution in [0, 0.1) is 6.92 Å². The first-order valence-corrected chi connectivity index (χ1v) is 10.6. The molecular formula is C22H23N5OS. The fourth-order valence-electron chi connectivity index (χ4n) is 4.02. The molecule has 1 saturated heterocycles. The summed E-state index contributed by atoms with van der Waals surface area (Å²) in [5.41, 5.74) is 4.30. The first-order chi connectivity index (χ1) is 14.0. The number of rotatable bonds is 3. The second-order valence-electron chi connectivity index (χ2n) is 7.86. The van der Waals surface area contributed by atoms with E-state index in [1.807, 2.05) is 31.3 Å². The molecule has 3 aromatic heterocycles. The molecular weight excluding hydrogens is 382 g/mol. The molecule has 0 radical (unpaired) electrons. The molecule has 7 heteroatoms. The van der Waals surface area contributed by atoms with Gasteiger partial charge in [0.15, 0.2) is 0 Å². The maximum absolute atomic E-state index is 12.9. The first-order valence-electron chi connectivity index (χ1n) is 9.80. The summed E-state index contributed by atoms with van der Waals surface area (Å²) in [6.07, 6.45) is 3.05. The first kappa shape index (κ1) is 18.3. The Morgan fingerprint density at radius 2 is 2.00 bits per heavy atom. The molecule has 1 aliphatic heterocycles. The van der Waals surface area contributed by atoms with Crippen LogP contribution in [0.1, 0.15) is 11.4 Å². The zero-order chi connectivity index (χ0) is 20.1. The topological polar surface area (TPSA) is 53.7 Å². The van der Waals surface area contributed by atoms with Crippen LogP contribution in [0.3, 0.4) is 0 Å². The van der Waals surface area contributed by atoms with Gasteiger partial charge in [0.05, 0.1) is 26.6 Å². The number of hydrogen-bond acceptors (Lipinski definition) is 6. The largest absolute Gasteiger partial charge is 0.369 e. The third-order valence-corrected chi connectivity index (χ3v) is 6.63. The molecule has 5 rings (SSSR count). The number of benzene rings is 1. The smallest absolute Gasteiger partial charge is 0.258 e. The van der Waals surface area contributed by atoms with Gasteiger partial charge < -0.3 is 9.80 Å². The van der Waals surface area contributed by atoms with E-state index in [0.717, 1.165) is 46.0 Å². The Kier molecular flexibility index (Phi) is 4.37. The lowest BCUT2D eigenvalue weighted by atomic mass is 10.1. The lowest BCUT2D eigenvalue weighted by Gasteiger charge is -2.22. The third kappa shape index (κ3) is 3.30. The van der Waals surface area contributed by atoms with Crippen molar-refractivity contribution in [2.24, 2.45) is 0 Å². The highest BCUT2D eigenvalue weighted by atomic mass is 32.1. The predicted molar refractivity (Wildman–Crippen MR) is 119 cm³/mol. The number of hydrogen-bond donors (Lipinski definition) is 0. The molecule has 148 valence electrons. The second-order valence-corrected chi connectivity index (χ2v) is 9.10. The van der Waals surface area contributed by atoms with Gasteiger partial charge >= 0.3 is 0 Å². The Morgan fingerprint density at radius 3 is 2.79 bits per heavy atom. The summed E-state index contributed by atoms with van der Waals surface area (Å²) in [5.74, 6) is 0. The van der Waals surface area contributed by atoms with E-state index in [4.69, 9.17) is 4.98 Å². The molecule has 1 fully saturated rings. The Hall–Kier alpha value is -2.77. The van der Waals surface area contributed by atoms with Crippen molar-refractivity contribution in [1.29, 1.82) is 0 Å². The molecule has 0 amide bonds. The molecule has 29 heavy (non-hydrogen) atoms. The molecule has 0 unspecified atom stereocenters. The molecule has 0 saturated carbocycles. The van der Waals surface area contributed by atoms with E-state index in [1.165, 1.54) is 0 Å². The van der Waals surface area contributed by atoms with E-state index in [1.54, 1.807) is 21.8 Å². The van der Waals surface area contributed by atoms with Crippen molar-refractivity contribution in [1.82, 2.24) is 19.3 Å². The second kappa shape index (κ2) is 6.93. The molecule has 0 bridgehead atoms. The summed E-state index contributed by atoms with van der Waals surface area (Å²) in [7, 11) is 4.24. The van der Waals surface area contributed by atoms with Crippen molar-refractivity contribution in [2.45, 2.75) is 19.4 Å². The van der Waals surface area contributed by atoms with Crippen LogP contribution in [0.15, 0.2) is 47.4 Å². The molecule has 4 aromatic rings. The summed E-state index contributed by atoms with van der Waals surface area (Å²) in [5, 5.41) is 1.04. The van der Waals surface area contributed by atoms with Crippen molar-refractivity contribution in [3.63, 3.8) is 0 Å². The molecule has 4 heterocycles. The maximum atomic E-state index is 12.9. The zero-order valence-electron chi connectivity index (χ0n) is 16.8. The number of pyridine rings is 1. The van der Waals surface area contributed by atoms with E-state index in [2.05, 4.69) is 41.0 Å². The molecule has 1 aliphatic rings. The predicted octanol–water partition coefficient (Wildman–Crippen LogP) is 3.42. The molecule has 1 atom stereocenters. The number of likely N-dealkylation sites (N-methyl/N-ethyl adjacent to an activating group) is 1. The van der Waals surface area contributed by atoms with E-state index in [-0.39, 0.29) is 5.56 Å². The van der Waals surface area contributed by atoms with Gasteiger partial charge in [0.2, 0.25) is 0 Å². The van der Waals surface area contributed by atoms with Gasteiger partial charge in [0.25, 0.3) is 5.56 Å². The summed E-state index contributed by atoms with van der Waals surface area (Å²) in [6, 6.07) is 12.2. The SMILES string of the molecule is Cc1nc2ccc(-c3cc(=O)n4cc(N5CC[C@H](N(C)C)C5)ccc4n3)cc2s1. The number of thiazole rings is 1. The van der Waals surface area contributed by atoms with Crippen LogP contribution in [0.25, 0.3) is 27.1 Å². The summed E-state index contributed by atoms with van der Waals surface area (Å²) < 4.78 is 2.76. The molecule has 0 spiro atoms. The minimum Gasteiger partial charge on any atom is -0.369 e. The average molecular weight is 406 g/mol. The van der Waals surface area contributed by atoms with Crippen LogP contribution in [0.5, 0.6) is 0 Å². The Balaban J connectivity index is 1.52. The highest BCUT2D eigenvalue weighted by Gasteiger charge is 2.24. The van der Waals surface area contributed by atoms with Crippen molar-refractivity contribution in [3.8, 4) is 11.3 Å². The van der Waals surface area contributed by atoms with Gasteiger partial charge in [-0.1, -0.05) is 6.07 Å². The third-order valence-electron chi connectivity index (χ3n) is 5.69. The Labute approximate surface area is 173 Å². The Bertz CT molecular complexity index is 1280. The van der Waals surface area contributed by atoms with E-state index in [9.17, 15) is 4.79 Å². The highest BCUT2D eigenvalue weighted by molar-refractivity contribution is 7.18. The maximum Gasteiger partial charge on any atom is 0.258 e. The van der Waals surface area contributed by atoms with E-state index < -0.39 is 0 Å². The fourth-order valence-corrected chi connectivity index (χ4v) is 4.89. The summed E-state index contributed by atoms with van der Waals surface area (Å²) >= 11 is 1.66. The van der Waals surface area contributed by atoms with Crippen LogP contribution in [0.4, 0.5) is 5.69 Å². The number of fused-ring (bicyclic) bond motifs is 2. The summed E-state index contributed by atoms with van der Waals surface area (Å²) in [4.78, 5) is 26.7. The van der Waals surface area contributed by atoms with Crippen LogP contribution >= 0.6 is 11.3 Å². The van der Waals surface area contributed by atoms with Crippen LogP contribution in [-0.2, 0) is 0 Å². The standard InChI is InChI=1S/C22H23N5OS/c1-14-23-18-6-4-15(10-20(18)29-14)19-11-22(28)27-13-17(5-7-21(27)24-19)26-9-8-16(12-26)25(2)3/h4-7,10-11,13,16H,8-9,12H2,1-3H3/t16-/m0/s1. The lowest BCUT2D eigenvalue weighted by molar-refractivity contribution is 0.315. The Morgan fingerprint density at radius 1 is 1.14 bits per heavy atom. The van der Waals surface area contributed by atoms with Crippen molar-refractivity contribution < 1.29 is 0 Å². The number of aryl methyl sites for hydroxylation is 1. The van der Waals surface area contributed by atoms with Gasteiger partial charge in [-0.2, -0.15) is 0 Å². The van der Waals surface area contributed by atoms with E-state index >= 15 is 0 Å². The number of nitrogens with zero attached hydrogens (tertiary/aromatic N) is 5. The van der Waals surface area contributed by atoms with Gasteiger partial charge in [0, 0.05) is 37.0 Å². The highest BCUT2D eigenvalue weighted by Crippen LogP contribution is 2.27. The van der Waals surface area contributed by atoms with Crippen LogP contribution < -0.4 is 10.5 Å². The van der Waals surface area contributed by atoms with Crippen molar-refractivity contribution in [2.75, 3.05) is 32.1 Å². The number of aromatic nitrogens is 3. The quantitative estimate of drug-likeness (QED) is 0.523. The monoisotopic (exact) mass is 405 g/mol. The van der Waals surface area contributed by atoms with Gasteiger partial charge in [0.1, 0.15) is 5.65 Å². The van der Waals surface area contributed by atoms with Gasteiger partial charge in [-0.3, -0.25) is 9.20 Å². The zero-order valence-corrected chi connectivity index (χ0v) is 17.6.